The van der Waals surface area contributed by atoms with Crippen LogP contribution in [-0.4, -0.2) is 41.2 Å². The van der Waals surface area contributed by atoms with Crippen LogP contribution in [0.15, 0.2) is 48.5 Å². The van der Waals surface area contributed by atoms with Crippen LogP contribution in [0.4, 0.5) is 21.9 Å². The molecule has 0 atom stereocenters. The van der Waals surface area contributed by atoms with E-state index < -0.39 is 16.2 Å². The summed E-state index contributed by atoms with van der Waals surface area (Å²) < 4.78 is 33.1. The minimum atomic E-state index is -3.62. The number of carbonyl (C=O) groups excluding carboxylic acids is 1. The number of benzene rings is 2. The zero-order valence-corrected chi connectivity index (χ0v) is 16.0. The van der Waals surface area contributed by atoms with Crippen LogP contribution in [0.3, 0.4) is 0 Å². The molecule has 2 aromatic carbocycles. The Morgan fingerprint density at radius 2 is 1.74 bits per heavy atom. The molecule has 0 aliphatic carbocycles. The molecule has 1 aliphatic rings. The summed E-state index contributed by atoms with van der Waals surface area (Å²) in [5.41, 5.74) is 1.77. The normalized spacial score (nSPS) is 14.6. The maximum atomic E-state index is 12.5. The molecule has 2 aromatic rings. The number of para-hydroxylation sites is 4. The van der Waals surface area contributed by atoms with Crippen LogP contribution in [0.25, 0.3) is 0 Å². The first-order chi connectivity index (χ1) is 12.9. The van der Waals surface area contributed by atoms with Crippen molar-refractivity contribution in [1.29, 1.82) is 0 Å². The standard InChI is InChI=1S/C18H22N4O4S/c1-3-26-17-11-7-4-8-14(17)20-18(23)19-12-13-22-16-10-6-5-9-15(16)21(2)27(22,24)25/h4-11H,3,12-13H2,1-2H3,(H2,19,20,23). The predicted octanol–water partition coefficient (Wildman–Crippen LogP) is 2.41. The van der Waals surface area contributed by atoms with E-state index in [9.17, 15) is 13.2 Å². The van der Waals surface area contributed by atoms with E-state index in [1.54, 1.807) is 42.5 Å². The second kappa shape index (κ2) is 7.75. The lowest BCUT2D eigenvalue weighted by Gasteiger charge is -2.19. The van der Waals surface area contributed by atoms with Gasteiger partial charge in [-0.2, -0.15) is 8.42 Å². The highest BCUT2D eigenvalue weighted by atomic mass is 32.2. The average molecular weight is 390 g/mol. The third-order valence-electron chi connectivity index (χ3n) is 4.15. The van der Waals surface area contributed by atoms with Crippen LogP contribution < -0.4 is 24.0 Å². The first kappa shape index (κ1) is 18.8. The monoisotopic (exact) mass is 390 g/mol. The van der Waals surface area contributed by atoms with Crippen molar-refractivity contribution in [3.8, 4) is 5.75 Å². The molecule has 8 nitrogen and oxygen atoms in total. The molecule has 0 bridgehead atoms. The SMILES string of the molecule is CCOc1ccccc1NC(=O)NCCN1c2ccccc2N(C)S1(=O)=O. The van der Waals surface area contributed by atoms with Gasteiger partial charge < -0.3 is 15.4 Å². The molecular formula is C18H22N4O4S. The highest BCUT2D eigenvalue weighted by molar-refractivity contribution is 7.94. The van der Waals surface area contributed by atoms with Crippen molar-refractivity contribution in [3.05, 3.63) is 48.5 Å². The minimum Gasteiger partial charge on any atom is -0.492 e. The van der Waals surface area contributed by atoms with Gasteiger partial charge in [0.05, 0.1) is 30.2 Å². The van der Waals surface area contributed by atoms with Gasteiger partial charge in [-0.15, -0.1) is 0 Å². The van der Waals surface area contributed by atoms with Gasteiger partial charge in [0.1, 0.15) is 5.75 Å². The van der Waals surface area contributed by atoms with Gasteiger partial charge in [-0.05, 0) is 31.2 Å². The van der Waals surface area contributed by atoms with E-state index in [1.165, 1.54) is 15.7 Å². The number of fused-ring (bicyclic) bond motifs is 1. The molecule has 0 saturated carbocycles. The Bertz CT molecular complexity index is 932. The molecule has 0 aromatic heterocycles. The van der Waals surface area contributed by atoms with Crippen molar-refractivity contribution in [2.24, 2.45) is 0 Å². The number of ether oxygens (including phenoxy) is 1. The fourth-order valence-electron chi connectivity index (χ4n) is 2.86. The molecule has 0 radical (unpaired) electrons. The molecule has 0 saturated heterocycles. The van der Waals surface area contributed by atoms with Gasteiger partial charge in [-0.25, -0.2) is 9.10 Å². The number of hydrogen-bond donors (Lipinski definition) is 2. The lowest BCUT2D eigenvalue weighted by molar-refractivity contribution is 0.252. The van der Waals surface area contributed by atoms with Gasteiger partial charge in [0.15, 0.2) is 0 Å². The number of carbonyl (C=O) groups is 1. The molecule has 0 spiro atoms. The zero-order valence-electron chi connectivity index (χ0n) is 15.2. The molecule has 0 fully saturated rings. The molecule has 0 unspecified atom stereocenters. The van der Waals surface area contributed by atoms with Crippen LogP contribution in [-0.2, 0) is 10.2 Å². The number of rotatable bonds is 6. The molecular weight excluding hydrogens is 368 g/mol. The van der Waals surface area contributed by atoms with E-state index in [-0.39, 0.29) is 13.1 Å². The second-order valence-electron chi connectivity index (χ2n) is 5.85. The van der Waals surface area contributed by atoms with Crippen molar-refractivity contribution in [2.45, 2.75) is 6.92 Å². The number of nitrogens with one attached hydrogen (secondary N) is 2. The van der Waals surface area contributed by atoms with Gasteiger partial charge in [0, 0.05) is 13.6 Å². The largest absolute Gasteiger partial charge is 0.492 e. The number of hydrogen-bond acceptors (Lipinski definition) is 4. The maximum Gasteiger partial charge on any atom is 0.326 e. The number of urea groups is 1. The third kappa shape index (κ3) is 3.77. The van der Waals surface area contributed by atoms with Gasteiger partial charge in [0.2, 0.25) is 0 Å². The van der Waals surface area contributed by atoms with Crippen molar-refractivity contribution in [3.63, 3.8) is 0 Å². The van der Waals surface area contributed by atoms with Crippen molar-refractivity contribution >= 4 is 33.3 Å². The van der Waals surface area contributed by atoms with Crippen molar-refractivity contribution < 1.29 is 17.9 Å². The Labute approximate surface area is 158 Å². The average Bonchev–Trinajstić information content (AvgIpc) is 2.84. The Balaban J connectivity index is 1.61. The Kier molecular flexibility index (Phi) is 5.41. The van der Waals surface area contributed by atoms with E-state index in [0.717, 1.165) is 0 Å². The second-order valence-corrected chi connectivity index (χ2v) is 7.73. The highest BCUT2D eigenvalue weighted by Crippen LogP contribution is 2.38. The highest BCUT2D eigenvalue weighted by Gasteiger charge is 2.37. The topological polar surface area (TPSA) is 91.0 Å². The van der Waals surface area contributed by atoms with Gasteiger partial charge in [-0.3, -0.25) is 4.31 Å². The van der Waals surface area contributed by atoms with Crippen LogP contribution in [0.5, 0.6) is 5.75 Å². The van der Waals surface area contributed by atoms with Crippen molar-refractivity contribution in [1.82, 2.24) is 5.32 Å². The molecule has 1 heterocycles. The molecule has 1 aliphatic heterocycles. The maximum absolute atomic E-state index is 12.5. The summed E-state index contributed by atoms with van der Waals surface area (Å²) in [5, 5.41) is 5.40. The summed E-state index contributed by atoms with van der Waals surface area (Å²) in [6, 6.07) is 13.7. The Morgan fingerprint density at radius 3 is 2.48 bits per heavy atom. The molecule has 27 heavy (non-hydrogen) atoms. The van der Waals surface area contributed by atoms with E-state index in [0.29, 0.717) is 29.4 Å². The summed E-state index contributed by atoms with van der Waals surface area (Å²) >= 11 is 0. The summed E-state index contributed by atoms with van der Waals surface area (Å²) in [6.07, 6.45) is 0. The van der Waals surface area contributed by atoms with E-state index >= 15 is 0 Å². The van der Waals surface area contributed by atoms with Crippen molar-refractivity contribution in [2.75, 3.05) is 40.7 Å². The summed E-state index contributed by atoms with van der Waals surface area (Å²) in [7, 11) is -2.11. The predicted molar refractivity (Wildman–Crippen MR) is 106 cm³/mol. The fourth-order valence-corrected chi connectivity index (χ4v) is 4.29. The molecule has 3 rings (SSSR count). The summed E-state index contributed by atoms with van der Waals surface area (Å²) in [5.74, 6) is 0.577. The number of nitrogens with zero attached hydrogens (tertiary/aromatic N) is 2. The third-order valence-corrected chi connectivity index (χ3v) is 5.97. The lowest BCUT2D eigenvalue weighted by atomic mass is 10.2. The van der Waals surface area contributed by atoms with E-state index in [2.05, 4.69) is 10.6 Å². The first-order valence-electron chi connectivity index (χ1n) is 8.57. The van der Waals surface area contributed by atoms with E-state index in [4.69, 9.17) is 4.74 Å². The molecule has 144 valence electrons. The van der Waals surface area contributed by atoms with E-state index in [1.807, 2.05) is 13.0 Å². The molecule has 2 amide bonds. The molecule has 2 N–H and O–H groups in total. The van der Waals surface area contributed by atoms with Gasteiger partial charge in [0.25, 0.3) is 0 Å². The van der Waals surface area contributed by atoms with Crippen LogP contribution >= 0.6 is 0 Å². The van der Waals surface area contributed by atoms with Crippen LogP contribution in [0.1, 0.15) is 6.92 Å². The lowest BCUT2D eigenvalue weighted by Crippen LogP contribution is -2.41. The minimum absolute atomic E-state index is 0.129. The zero-order chi connectivity index (χ0) is 19.4. The fraction of sp³-hybridized carbons (Fsp3) is 0.278. The quantitative estimate of drug-likeness (QED) is 0.792. The summed E-state index contributed by atoms with van der Waals surface area (Å²) in [6.45, 7) is 2.64. The summed E-state index contributed by atoms with van der Waals surface area (Å²) in [4.78, 5) is 12.2. The van der Waals surface area contributed by atoms with Gasteiger partial charge >= 0.3 is 16.2 Å². The number of amides is 2. The Morgan fingerprint density at radius 1 is 1.07 bits per heavy atom. The van der Waals surface area contributed by atoms with Crippen LogP contribution in [0, 0.1) is 0 Å². The first-order valence-corrected chi connectivity index (χ1v) is 9.97. The Hall–Kier alpha value is -2.94. The van der Waals surface area contributed by atoms with Crippen LogP contribution in [0.2, 0.25) is 0 Å². The number of anilines is 3. The van der Waals surface area contributed by atoms with Gasteiger partial charge in [-0.1, -0.05) is 24.3 Å². The smallest absolute Gasteiger partial charge is 0.326 e. The molecule has 9 heteroatoms.